The molecule has 0 saturated carbocycles. The van der Waals surface area contributed by atoms with Gasteiger partial charge in [0.25, 0.3) is 10.0 Å². The number of hydrogen-bond acceptors (Lipinski definition) is 4. The monoisotopic (exact) mass is 609 g/mol. The van der Waals surface area contributed by atoms with Crippen molar-refractivity contribution in [2.45, 2.75) is 38.3 Å². The molecule has 2 amide bonds. The highest BCUT2D eigenvalue weighted by Gasteiger charge is 2.32. The molecule has 0 fully saturated rings. The Morgan fingerprint density at radius 1 is 0.872 bits per heavy atom. The molecule has 0 aromatic heterocycles. The van der Waals surface area contributed by atoms with E-state index in [1.807, 2.05) is 13.8 Å². The molecule has 39 heavy (non-hydrogen) atoms. The van der Waals surface area contributed by atoms with E-state index in [1.54, 1.807) is 55.5 Å². The summed E-state index contributed by atoms with van der Waals surface area (Å²) in [7, 11) is -4.17. The van der Waals surface area contributed by atoms with Gasteiger partial charge in [-0.25, -0.2) is 8.42 Å². The first-order valence-corrected chi connectivity index (χ1v) is 14.8. The van der Waals surface area contributed by atoms with E-state index in [1.165, 1.54) is 29.2 Å². The number of anilines is 1. The van der Waals surface area contributed by atoms with Crippen molar-refractivity contribution in [1.29, 1.82) is 0 Å². The van der Waals surface area contributed by atoms with Gasteiger partial charge in [0.15, 0.2) is 0 Å². The number of carbonyl (C=O) groups is 2. The van der Waals surface area contributed by atoms with Crippen LogP contribution in [0.2, 0.25) is 15.1 Å². The molecule has 0 saturated heterocycles. The van der Waals surface area contributed by atoms with Crippen molar-refractivity contribution in [2.24, 2.45) is 5.92 Å². The van der Waals surface area contributed by atoms with Crippen molar-refractivity contribution in [3.63, 3.8) is 0 Å². The molecule has 3 aromatic carbocycles. The summed E-state index contributed by atoms with van der Waals surface area (Å²) < 4.78 is 28.5. The smallest absolute Gasteiger partial charge is 0.264 e. The Kier molecular flexibility index (Phi) is 10.7. The third kappa shape index (κ3) is 8.11. The molecule has 0 bridgehead atoms. The van der Waals surface area contributed by atoms with Gasteiger partial charge in [-0.15, -0.1) is 0 Å². The van der Waals surface area contributed by atoms with Crippen molar-refractivity contribution in [2.75, 3.05) is 17.4 Å². The Morgan fingerprint density at radius 2 is 1.49 bits per heavy atom. The Bertz CT molecular complexity index is 1400. The maximum atomic E-state index is 13.9. The normalized spacial score (nSPS) is 12.2. The number of carbonyl (C=O) groups excluding carboxylic acids is 2. The van der Waals surface area contributed by atoms with Crippen LogP contribution in [0.25, 0.3) is 0 Å². The lowest BCUT2D eigenvalue weighted by molar-refractivity contribution is -0.139. The first-order valence-electron chi connectivity index (χ1n) is 12.2. The van der Waals surface area contributed by atoms with E-state index in [0.29, 0.717) is 32.9 Å². The van der Waals surface area contributed by atoms with Crippen LogP contribution in [0.3, 0.4) is 0 Å². The maximum Gasteiger partial charge on any atom is 0.264 e. The molecule has 3 aromatic rings. The van der Waals surface area contributed by atoms with Gasteiger partial charge in [0, 0.05) is 28.2 Å². The summed E-state index contributed by atoms with van der Waals surface area (Å²) in [4.78, 5) is 28.2. The van der Waals surface area contributed by atoms with E-state index in [9.17, 15) is 18.0 Å². The standard InChI is InChI=1S/C28H30Cl3N3O4S/c1-19(2)16-32-28(36)20(3)33(17-21-9-10-23(30)15-26(21)31)27(35)18-34(24-7-5-4-6-8-24)39(37,38)25-13-11-22(29)12-14-25/h4-15,19-20H,16-18H2,1-3H3,(H,32,36). The number of rotatable bonds is 11. The van der Waals surface area contributed by atoms with E-state index < -0.39 is 28.5 Å². The predicted octanol–water partition coefficient (Wildman–Crippen LogP) is 6.03. The van der Waals surface area contributed by atoms with E-state index in [4.69, 9.17) is 34.8 Å². The number of hydrogen-bond donors (Lipinski definition) is 1. The van der Waals surface area contributed by atoms with Gasteiger partial charge < -0.3 is 10.2 Å². The lowest BCUT2D eigenvalue weighted by atomic mass is 10.1. The summed E-state index contributed by atoms with van der Waals surface area (Å²) in [5, 5.41) is 3.97. The lowest BCUT2D eigenvalue weighted by Gasteiger charge is -2.32. The summed E-state index contributed by atoms with van der Waals surface area (Å²) in [6.07, 6.45) is 0. The molecule has 7 nitrogen and oxygen atoms in total. The third-order valence-corrected chi connectivity index (χ3v) is 8.56. The SMILES string of the molecule is CC(C)CNC(=O)C(C)N(Cc1ccc(Cl)cc1Cl)C(=O)CN(c1ccccc1)S(=O)(=O)c1ccc(Cl)cc1. The van der Waals surface area contributed by atoms with Crippen LogP contribution in [0, 0.1) is 5.92 Å². The summed E-state index contributed by atoms with van der Waals surface area (Å²) >= 11 is 18.4. The fourth-order valence-corrected chi connectivity index (χ4v) is 5.73. The van der Waals surface area contributed by atoms with Crippen molar-refractivity contribution >= 4 is 62.3 Å². The molecule has 0 aliphatic carbocycles. The molecule has 11 heteroatoms. The molecule has 3 rings (SSSR count). The Morgan fingerprint density at radius 3 is 2.08 bits per heavy atom. The average Bonchev–Trinajstić information content (AvgIpc) is 2.90. The highest BCUT2D eigenvalue weighted by atomic mass is 35.5. The first-order chi connectivity index (χ1) is 18.4. The molecule has 1 N–H and O–H groups in total. The topological polar surface area (TPSA) is 86.8 Å². The molecule has 1 atom stereocenters. The van der Waals surface area contributed by atoms with Crippen LogP contribution in [0.4, 0.5) is 5.69 Å². The molecular formula is C28H30Cl3N3O4S. The zero-order valence-electron chi connectivity index (χ0n) is 21.8. The van der Waals surface area contributed by atoms with Gasteiger partial charge in [0.2, 0.25) is 11.8 Å². The highest BCUT2D eigenvalue weighted by Crippen LogP contribution is 2.27. The molecule has 0 spiro atoms. The van der Waals surface area contributed by atoms with Crippen LogP contribution in [-0.4, -0.2) is 44.3 Å². The van der Waals surface area contributed by atoms with Gasteiger partial charge in [-0.05, 0) is 66.9 Å². The predicted molar refractivity (Wildman–Crippen MR) is 157 cm³/mol. The fraction of sp³-hybridized carbons (Fsp3) is 0.286. The van der Waals surface area contributed by atoms with Crippen LogP contribution in [-0.2, 0) is 26.2 Å². The number of nitrogens with one attached hydrogen (secondary N) is 1. The number of para-hydroxylation sites is 1. The van der Waals surface area contributed by atoms with E-state index in [-0.39, 0.29) is 23.3 Å². The lowest BCUT2D eigenvalue weighted by Crippen LogP contribution is -2.51. The molecule has 208 valence electrons. The summed E-state index contributed by atoms with van der Waals surface area (Å²) in [5.41, 5.74) is 0.854. The van der Waals surface area contributed by atoms with Gasteiger partial charge in [0.1, 0.15) is 12.6 Å². The van der Waals surface area contributed by atoms with Crippen LogP contribution < -0.4 is 9.62 Å². The van der Waals surface area contributed by atoms with Crippen LogP contribution >= 0.6 is 34.8 Å². The number of nitrogens with zero attached hydrogens (tertiary/aromatic N) is 2. The van der Waals surface area contributed by atoms with Crippen molar-refractivity contribution < 1.29 is 18.0 Å². The van der Waals surface area contributed by atoms with Gasteiger partial charge in [-0.1, -0.05) is 72.9 Å². The number of benzene rings is 3. The molecule has 0 aliphatic rings. The first kappa shape index (κ1) is 30.8. The second-order valence-electron chi connectivity index (χ2n) is 9.37. The molecule has 0 aliphatic heterocycles. The quantitative estimate of drug-likeness (QED) is 0.287. The molecule has 0 heterocycles. The minimum absolute atomic E-state index is 0.0291. The number of amides is 2. The third-order valence-electron chi connectivity index (χ3n) is 5.93. The van der Waals surface area contributed by atoms with E-state index in [0.717, 1.165) is 4.31 Å². The molecule has 1 unspecified atom stereocenters. The van der Waals surface area contributed by atoms with Crippen molar-refractivity contribution in [3.05, 3.63) is 93.4 Å². The minimum Gasteiger partial charge on any atom is -0.354 e. The highest BCUT2D eigenvalue weighted by molar-refractivity contribution is 7.92. The molecule has 0 radical (unpaired) electrons. The zero-order valence-corrected chi connectivity index (χ0v) is 24.9. The Balaban J connectivity index is 2.01. The van der Waals surface area contributed by atoms with Gasteiger partial charge >= 0.3 is 0 Å². The largest absolute Gasteiger partial charge is 0.354 e. The Labute approximate surface area is 244 Å². The van der Waals surface area contributed by atoms with Crippen LogP contribution in [0.5, 0.6) is 0 Å². The maximum absolute atomic E-state index is 13.9. The van der Waals surface area contributed by atoms with Crippen molar-refractivity contribution in [3.8, 4) is 0 Å². The Hall–Kier alpha value is -2.78. The second kappa shape index (κ2) is 13.5. The summed E-state index contributed by atoms with van der Waals surface area (Å²) in [6, 6.07) is 17.9. The van der Waals surface area contributed by atoms with Gasteiger partial charge in [-0.3, -0.25) is 13.9 Å². The van der Waals surface area contributed by atoms with E-state index in [2.05, 4.69) is 5.32 Å². The van der Waals surface area contributed by atoms with Gasteiger partial charge in [0.05, 0.1) is 10.6 Å². The number of sulfonamides is 1. The zero-order chi connectivity index (χ0) is 28.7. The van der Waals surface area contributed by atoms with E-state index >= 15 is 0 Å². The van der Waals surface area contributed by atoms with Crippen LogP contribution in [0.1, 0.15) is 26.3 Å². The van der Waals surface area contributed by atoms with Gasteiger partial charge in [-0.2, -0.15) is 0 Å². The fourth-order valence-electron chi connectivity index (χ4n) is 3.73. The second-order valence-corrected chi connectivity index (χ2v) is 12.5. The number of halogens is 3. The van der Waals surface area contributed by atoms with Crippen molar-refractivity contribution in [1.82, 2.24) is 10.2 Å². The average molecular weight is 611 g/mol. The molecular weight excluding hydrogens is 581 g/mol. The summed E-state index contributed by atoms with van der Waals surface area (Å²) in [6.45, 7) is 5.35. The van der Waals surface area contributed by atoms with Crippen LogP contribution in [0.15, 0.2) is 77.7 Å². The summed E-state index contributed by atoms with van der Waals surface area (Å²) in [5.74, 6) is -0.752. The minimum atomic E-state index is -4.17.